The third kappa shape index (κ3) is 7.02. The molecular formula is C23H32ClN5. The van der Waals surface area contributed by atoms with Crippen LogP contribution in [0.3, 0.4) is 0 Å². The Kier molecular flexibility index (Phi) is 8.32. The number of nitrogens with one attached hydrogen (secondary N) is 2. The monoisotopic (exact) mass is 413 g/mol. The summed E-state index contributed by atoms with van der Waals surface area (Å²) in [4.78, 5) is 11.5. The molecule has 29 heavy (non-hydrogen) atoms. The lowest BCUT2D eigenvalue weighted by atomic mass is 9.97. The Morgan fingerprint density at radius 3 is 2.72 bits per heavy atom. The summed E-state index contributed by atoms with van der Waals surface area (Å²) in [6.07, 6.45) is 4.93. The molecule has 0 saturated carbocycles. The van der Waals surface area contributed by atoms with Crippen LogP contribution in [0.5, 0.6) is 0 Å². The van der Waals surface area contributed by atoms with Gasteiger partial charge in [-0.15, -0.1) is 0 Å². The van der Waals surface area contributed by atoms with Crippen LogP contribution >= 0.6 is 11.6 Å². The van der Waals surface area contributed by atoms with Crippen molar-refractivity contribution in [2.45, 2.75) is 51.7 Å². The maximum absolute atomic E-state index is 5.85. The van der Waals surface area contributed by atoms with Crippen molar-refractivity contribution >= 4 is 17.6 Å². The quantitative estimate of drug-likeness (QED) is 0.411. The summed E-state index contributed by atoms with van der Waals surface area (Å²) in [5, 5.41) is 7.55. The van der Waals surface area contributed by atoms with Crippen LogP contribution in [-0.4, -0.2) is 47.6 Å². The number of likely N-dealkylation sites (tertiary alicyclic amines) is 1. The Morgan fingerprint density at radius 1 is 1.21 bits per heavy atom. The lowest BCUT2D eigenvalue weighted by molar-refractivity contribution is 0.134. The molecule has 0 spiro atoms. The van der Waals surface area contributed by atoms with Crippen LogP contribution in [0.15, 0.2) is 53.7 Å². The molecule has 1 saturated heterocycles. The van der Waals surface area contributed by atoms with Gasteiger partial charge in [-0.1, -0.05) is 48.0 Å². The summed E-state index contributed by atoms with van der Waals surface area (Å²) < 4.78 is 0. The Bertz CT molecular complexity index is 763. The molecule has 156 valence electrons. The predicted molar refractivity (Wildman–Crippen MR) is 121 cm³/mol. The molecule has 0 aliphatic carbocycles. The molecule has 5 nitrogen and oxygen atoms in total. The first kappa shape index (κ1) is 21.6. The van der Waals surface area contributed by atoms with E-state index in [9.17, 15) is 0 Å². The molecular weight excluding hydrogens is 382 g/mol. The van der Waals surface area contributed by atoms with Crippen molar-refractivity contribution in [1.29, 1.82) is 0 Å². The molecule has 0 amide bonds. The molecule has 2 unspecified atom stereocenters. The number of hydrogen-bond acceptors (Lipinski definition) is 3. The maximum atomic E-state index is 5.85. The number of rotatable bonds is 7. The van der Waals surface area contributed by atoms with E-state index in [-0.39, 0.29) is 0 Å². The predicted octanol–water partition coefficient (Wildman–Crippen LogP) is 3.89. The van der Waals surface area contributed by atoms with Crippen LogP contribution < -0.4 is 10.6 Å². The van der Waals surface area contributed by atoms with Crippen molar-refractivity contribution in [3.8, 4) is 0 Å². The van der Waals surface area contributed by atoms with E-state index < -0.39 is 0 Å². The highest BCUT2D eigenvalue weighted by Crippen LogP contribution is 2.20. The molecule has 3 rings (SSSR count). The Hall–Kier alpha value is -2.11. The van der Waals surface area contributed by atoms with Crippen molar-refractivity contribution in [1.82, 2.24) is 20.5 Å². The number of guanidine groups is 1. The molecule has 0 radical (unpaired) electrons. The minimum Gasteiger partial charge on any atom is -0.357 e. The average Bonchev–Trinajstić information content (AvgIpc) is 2.72. The fourth-order valence-electron chi connectivity index (χ4n) is 3.77. The first-order valence-electron chi connectivity index (χ1n) is 10.6. The van der Waals surface area contributed by atoms with Crippen molar-refractivity contribution < 1.29 is 0 Å². The highest BCUT2D eigenvalue weighted by atomic mass is 35.5. The van der Waals surface area contributed by atoms with Crippen molar-refractivity contribution in [2.75, 3.05) is 19.6 Å². The molecule has 2 heterocycles. The Morgan fingerprint density at radius 2 is 2.03 bits per heavy atom. The summed E-state index contributed by atoms with van der Waals surface area (Å²) >= 11 is 5.85. The van der Waals surface area contributed by atoms with Gasteiger partial charge in [0.1, 0.15) is 5.15 Å². The van der Waals surface area contributed by atoms with E-state index in [2.05, 4.69) is 64.7 Å². The Balaban J connectivity index is 1.49. The normalized spacial score (nSPS) is 20.4. The molecule has 2 atom stereocenters. The molecule has 2 N–H and O–H groups in total. The van der Waals surface area contributed by atoms with Crippen LogP contribution in [-0.2, 0) is 13.0 Å². The zero-order chi connectivity index (χ0) is 20.5. The van der Waals surface area contributed by atoms with Crippen molar-refractivity contribution in [3.05, 3.63) is 64.9 Å². The molecule has 0 bridgehead atoms. The van der Waals surface area contributed by atoms with Crippen LogP contribution in [0.25, 0.3) is 0 Å². The van der Waals surface area contributed by atoms with E-state index in [1.807, 2.05) is 18.3 Å². The molecule has 1 aromatic carbocycles. The summed E-state index contributed by atoms with van der Waals surface area (Å²) in [5.74, 6) is 0.906. The SMILES string of the molecule is CCNC(=NCCc1ccc(Cl)nc1)NC1CCN(Cc2ccccc2)C(C)C1. The van der Waals surface area contributed by atoms with E-state index in [4.69, 9.17) is 16.6 Å². The molecule has 1 aromatic heterocycles. The smallest absolute Gasteiger partial charge is 0.191 e. The maximum Gasteiger partial charge on any atom is 0.191 e. The van der Waals surface area contributed by atoms with E-state index in [0.29, 0.717) is 17.2 Å². The second kappa shape index (κ2) is 11.2. The van der Waals surface area contributed by atoms with E-state index >= 15 is 0 Å². The van der Waals surface area contributed by atoms with Gasteiger partial charge in [0.25, 0.3) is 0 Å². The van der Waals surface area contributed by atoms with Crippen LogP contribution in [0.4, 0.5) is 0 Å². The first-order chi connectivity index (χ1) is 14.1. The number of benzene rings is 1. The third-order valence-corrected chi connectivity index (χ3v) is 5.61. The number of hydrogen-bond donors (Lipinski definition) is 2. The average molecular weight is 414 g/mol. The van der Waals surface area contributed by atoms with Gasteiger partial charge in [-0.25, -0.2) is 4.98 Å². The Labute approximate surface area is 179 Å². The molecule has 1 aliphatic heterocycles. The summed E-state index contributed by atoms with van der Waals surface area (Å²) in [5.41, 5.74) is 2.54. The zero-order valence-corrected chi connectivity index (χ0v) is 18.2. The van der Waals surface area contributed by atoms with Gasteiger partial charge in [0.15, 0.2) is 5.96 Å². The van der Waals surface area contributed by atoms with Gasteiger partial charge < -0.3 is 10.6 Å². The number of aromatic nitrogens is 1. The minimum absolute atomic E-state index is 0.451. The van der Waals surface area contributed by atoms with Gasteiger partial charge in [-0.05, 0) is 50.3 Å². The van der Waals surface area contributed by atoms with E-state index in [1.165, 1.54) is 5.56 Å². The van der Waals surface area contributed by atoms with E-state index in [1.54, 1.807) is 0 Å². The van der Waals surface area contributed by atoms with Gasteiger partial charge in [0, 0.05) is 44.5 Å². The summed E-state index contributed by atoms with van der Waals surface area (Å²) in [6.45, 7) is 8.14. The number of halogens is 1. The van der Waals surface area contributed by atoms with Crippen LogP contribution in [0.2, 0.25) is 5.15 Å². The fourth-order valence-corrected chi connectivity index (χ4v) is 3.88. The van der Waals surface area contributed by atoms with Gasteiger partial charge in [0.05, 0.1) is 0 Å². The highest BCUT2D eigenvalue weighted by Gasteiger charge is 2.25. The fraction of sp³-hybridized carbons (Fsp3) is 0.478. The van der Waals surface area contributed by atoms with Crippen LogP contribution in [0.1, 0.15) is 37.8 Å². The molecule has 1 fully saturated rings. The number of pyridine rings is 1. The van der Waals surface area contributed by atoms with Crippen molar-refractivity contribution in [2.24, 2.45) is 4.99 Å². The lowest BCUT2D eigenvalue weighted by Gasteiger charge is -2.38. The largest absolute Gasteiger partial charge is 0.357 e. The van der Waals surface area contributed by atoms with Gasteiger partial charge in [-0.3, -0.25) is 9.89 Å². The standard InChI is InChI=1S/C23H32ClN5/c1-3-25-23(26-13-11-19-9-10-22(24)27-16-19)28-21-12-14-29(18(2)15-21)17-20-7-5-4-6-8-20/h4-10,16,18,21H,3,11-15,17H2,1-2H3,(H2,25,26,28). The number of nitrogens with zero attached hydrogens (tertiary/aromatic N) is 3. The van der Waals surface area contributed by atoms with Crippen molar-refractivity contribution in [3.63, 3.8) is 0 Å². The minimum atomic E-state index is 0.451. The number of piperidine rings is 1. The molecule has 1 aliphatic rings. The lowest BCUT2D eigenvalue weighted by Crippen LogP contribution is -2.51. The highest BCUT2D eigenvalue weighted by molar-refractivity contribution is 6.29. The topological polar surface area (TPSA) is 52.6 Å². The second-order valence-electron chi connectivity index (χ2n) is 7.67. The summed E-state index contributed by atoms with van der Waals surface area (Å²) in [7, 11) is 0. The third-order valence-electron chi connectivity index (χ3n) is 5.39. The second-order valence-corrected chi connectivity index (χ2v) is 8.06. The summed E-state index contributed by atoms with van der Waals surface area (Å²) in [6, 6.07) is 15.6. The zero-order valence-electron chi connectivity index (χ0n) is 17.4. The van der Waals surface area contributed by atoms with E-state index in [0.717, 1.165) is 57.0 Å². The van der Waals surface area contributed by atoms with Gasteiger partial charge in [-0.2, -0.15) is 0 Å². The van der Waals surface area contributed by atoms with Gasteiger partial charge >= 0.3 is 0 Å². The molecule has 6 heteroatoms. The number of aliphatic imine (C=N–C) groups is 1. The molecule has 2 aromatic rings. The van der Waals surface area contributed by atoms with Gasteiger partial charge in [0.2, 0.25) is 0 Å². The van der Waals surface area contributed by atoms with Crippen LogP contribution in [0, 0.1) is 0 Å². The first-order valence-corrected chi connectivity index (χ1v) is 10.9.